The summed E-state index contributed by atoms with van der Waals surface area (Å²) in [6.07, 6.45) is 0.826. The van der Waals surface area contributed by atoms with Gasteiger partial charge in [-0.15, -0.1) is 0 Å². The van der Waals surface area contributed by atoms with Crippen LogP contribution in [0.25, 0.3) is 0 Å². The lowest BCUT2D eigenvalue weighted by Gasteiger charge is -2.30. The van der Waals surface area contributed by atoms with E-state index >= 15 is 0 Å². The number of piperidine rings is 1. The van der Waals surface area contributed by atoms with Crippen LogP contribution in [0.1, 0.15) is 24.8 Å². The zero-order chi connectivity index (χ0) is 13.0. The molecule has 0 saturated carbocycles. The fourth-order valence-electron chi connectivity index (χ4n) is 2.45. The van der Waals surface area contributed by atoms with Gasteiger partial charge < -0.3 is 10.1 Å². The second-order valence-electron chi connectivity index (χ2n) is 4.51. The molecular weight excluding hydrogens is 250 g/mol. The van der Waals surface area contributed by atoms with Gasteiger partial charge in [-0.25, -0.2) is 0 Å². The van der Waals surface area contributed by atoms with Gasteiger partial charge in [-0.2, -0.15) is 0 Å². The van der Waals surface area contributed by atoms with Crippen LogP contribution in [0, 0.1) is 5.92 Å². The van der Waals surface area contributed by atoms with Crippen LogP contribution in [0.3, 0.4) is 0 Å². The molecule has 1 heterocycles. The van der Waals surface area contributed by atoms with Crippen LogP contribution in [-0.4, -0.2) is 25.7 Å². The molecule has 18 heavy (non-hydrogen) atoms. The van der Waals surface area contributed by atoms with Crippen molar-refractivity contribution >= 4 is 17.6 Å². The highest BCUT2D eigenvalue weighted by Crippen LogP contribution is 2.31. The fraction of sp³-hybridized carbons (Fsp3) is 0.500. The van der Waals surface area contributed by atoms with E-state index in [9.17, 15) is 4.79 Å². The summed E-state index contributed by atoms with van der Waals surface area (Å²) in [7, 11) is 0. The van der Waals surface area contributed by atoms with Gasteiger partial charge in [0, 0.05) is 17.5 Å². The normalized spacial score (nSPS) is 23.7. The van der Waals surface area contributed by atoms with Gasteiger partial charge >= 0.3 is 5.97 Å². The number of benzene rings is 1. The molecule has 2 rings (SSSR count). The maximum atomic E-state index is 12.0. The zero-order valence-corrected chi connectivity index (χ0v) is 11.2. The largest absolute Gasteiger partial charge is 0.466 e. The first-order chi connectivity index (χ1) is 8.72. The molecule has 1 aliphatic rings. The van der Waals surface area contributed by atoms with E-state index < -0.39 is 0 Å². The molecule has 2 atom stereocenters. The zero-order valence-electron chi connectivity index (χ0n) is 10.5. The van der Waals surface area contributed by atoms with Crippen molar-refractivity contribution in [1.82, 2.24) is 5.32 Å². The first-order valence-corrected chi connectivity index (χ1v) is 6.73. The Kier molecular flexibility index (Phi) is 4.61. The average Bonchev–Trinajstić information content (AvgIpc) is 2.40. The summed E-state index contributed by atoms with van der Waals surface area (Å²) in [6, 6.07) is 7.72. The second kappa shape index (κ2) is 6.21. The molecule has 0 aliphatic carbocycles. The minimum Gasteiger partial charge on any atom is -0.466 e. The van der Waals surface area contributed by atoms with Crippen molar-refractivity contribution in [3.8, 4) is 0 Å². The molecule has 3 nitrogen and oxygen atoms in total. The lowest BCUT2D eigenvalue weighted by molar-refractivity contribution is -0.149. The molecule has 0 amide bonds. The predicted molar refractivity (Wildman–Crippen MR) is 71.8 cm³/mol. The second-order valence-corrected chi connectivity index (χ2v) is 4.95. The van der Waals surface area contributed by atoms with Crippen molar-refractivity contribution in [1.29, 1.82) is 0 Å². The summed E-state index contributed by atoms with van der Waals surface area (Å²) in [6.45, 7) is 3.96. The highest BCUT2D eigenvalue weighted by molar-refractivity contribution is 6.30. The number of rotatable bonds is 3. The number of hydrogen-bond acceptors (Lipinski definition) is 3. The average molecular weight is 268 g/mol. The summed E-state index contributed by atoms with van der Waals surface area (Å²) in [5.74, 6) is 0.0430. The molecule has 0 radical (unpaired) electrons. The van der Waals surface area contributed by atoms with Gasteiger partial charge in [0.05, 0.1) is 12.5 Å². The Morgan fingerprint density at radius 1 is 1.44 bits per heavy atom. The molecule has 1 aromatic rings. The third-order valence-electron chi connectivity index (χ3n) is 3.37. The summed E-state index contributed by atoms with van der Waals surface area (Å²) >= 11 is 5.89. The molecule has 1 aliphatic heterocycles. The maximum Gasteiger partial charge on any atom is 0.309 e. The van der Waals surface area contributed by atoms with Crippen LogP contribution in [0.2, 0.25) is 5.02 Å². The Hall–Kier alpha value is -1.06. The van der Waals surface area contributed by atoms with Crippen molar-refractivity contribution < 1.29 is 9.53 Å². The molecule has 0 bridgehead atoms. The van der Waals surface area contributed by atoms with Gasteiger partial charge in [-0.3, -0.25) is 4.79 Å². The van der Waals surface area contributed by atoms with Crippen LogP contribution < -0.4 is 5.32 Å². The topological polar surface area (TPSA) is 38.3 Å². The molecule has 0 spiro atoms. The molecule has 1 aromatic carbocycles. The Bertz CT molecular complexity index is 405. The van der Waals surface area contributed by atoms with Crippen LogP contribution in [0.4, 0.5) is 0 Å². The summed E-state index contributed by atoms with van der Waals surface area (Å²) in [5.41, 5.74) is 1.14. The van der Waals surface area contributed by atoms with E-state index in [-0.39, 0.29) is 17.8 Å². The molecule has 1 N–H and O–H groups in total. The molecule has 1 saturated heterocycles. The van der Waals surface area contributed by atoms with Crippen LogP contribution >= 0.6 is 11.6 Å². The Balaban J connectivity index is 2.17. The third-order valence-corrected chi connectivity index (χ3v) is 3.62. The quantitative estimate of drug-likeness (QED) is 0.856. The number of ether oxygens (including phenoxy) is 1. The number of nitrogens with one attached hydrogen (secondary N) is 1. The lowest BCUT2D eigenvalue weighted by Crippen LogP contribution is -2.39. The minimum absolute atomic E-state index is 0.0487. The molecule has 4 heteroatoms. The van der Waals surface area contributed by atoms with E-state index in [2.05, 4.69) is 5.32 Å². The Labute approximate surface area is 112 Å². The van der Waals surface area contributed by atoms with Crippen molar-refractivity contribution in [3.05, 3.63) is 34.9 Å². The van der Waals surface area contributed by atoms with E-state index in [1.165, 1.54) is 0 Å². The SMILES string of the molecule is CCOC(=O)C1CCNCC1c1ccc(Cl)cc1. The predicted octanol–water partition coefficient (Wildman–Crippen LogP) is 2.60. The number of carbonyl (C=O) groups is 1. The van der Waals surface area contributed by atoms with Gasteiger partial charge in [0.15, 0.2) is 0 Å². The van der Waals surface area contributed by atoms with E-state index in [1.807, 2.05) is 31.2 Å². The third kappa shape index (κ3) is 3.03. The van der Waals surface area contributed by atoms with E-state index in [0.717, 1.165) is 30.1 Å². The lowest BCUT2D eigenvalue weighted by atomic mass is 9.81. The highest BCUT2D eigenvalue weighted by atomic mass is 35.5. The fourth-order valence-corrected chi connectivity index (χ4v) is 2.58. The van der Waals surface area contributed by atoms with Gasteiger partial charge in [0.2, 0.25) is 0 Å². The van der Waals surface area contributed by atoms with Gasteiger partial charge in [-0.1, -0.05) is 23.7 Å². The molecule has 98 valence electrons. The van der Waals surface area contributed by atoms with Crippen molar-refractivity contribution in [2.24, 2.45) is 5.92 Å². The Morgan fingerprint density at radius 2 is 2.17 bits per heavy atom. The minimum atomic E-state index is -0.0843. The van der Waals surface area contributed by atoms with Crippen LogP contribution in [0.15, 0.2) is 24.3 Å². The van der Waals surface area contributed by atoms with Crippen molar-refractivity contribution in [2.45, 2.75) is 19.3 Å². The van der Waals surface area contributed by atoms with E-state index in [1.54, 1.807) is 0 Å². The van der Waals surface area contributed by atoms with E-state index in [4.69, 9.17) is 16.3 Å². The first-order valence-electron chi connectivity index (χ1n) is 6.35. The highest BCUT2D eigenvalue weighted by Gasteiger charge is 2.32. The number of hydrogen-bond donors (Lipinski definition) is 1. The summed E-state index contributed by atoms with van der Waals surface area (Å²) in [5, 5.41) is 4.05. The van der Waals surface area contributed by atoms with Gasteiger partial charge in [0.25, 0.3) is 0 Å². The van der Waals surface area contributed by atoms with E-state index in [0.29, 0.717) is 6.61 Å². The number of esters is 1. The first kappa shape index (κ1) is 13.4. The van der Waals surface area contributed by atoms with Crippen molar-refractivity contribution in [3.63, 3.8) is 0 Å². The van der Waals surface area contributed by atoms with Gasteiger partial charge in [-0.05, 0) is 37.6 Å². The molecule has 0 aromatic heterocycles. The maximum absolute atomic E-state index is 12.0. The van der Waals surface area contributed by atoms with Gasteiger partial charge in [0.1, 0.15) is 0 Å². The molecule has 1 fully saturated rings. The molecular formula is C14H18ClNO2. The summed E-state index contributed by atoms with van der Waals surface area (Å²) in [4.78, 5) is 12.0. The molecule has 2 unspecified atom stereocenters. The standard InChI is InChI=1S/C14H18ClNO2/c1-2-18-14(17)12-7-8-16-9-13(12)10-3-5-11(15)6-4-10/h3-6,12-13,16H,2,7-9H2,1H3. The number of halogens is 1. The van der Waals surface area contributed by atoms with Crippen LogP contribution in [0.5, 0.6) is 0 Å². The van der Waals surface area contributed by atoms with Crippen LogP contribution in [-0.2, 0) is 9.53 Å². The van der Waals surface area contributed by atoms with Crippen molar-refractivity contribution in [2.75, 3.05) is 19.7 Å². The monoisotopic (exact) mass is 267 g/mol. The Morgan fingerprint density at radius 3 is 2.83 bits per heavy atom. The number of carbonyl (C=O) groups excluding carboxylic acids is 1. The summed E-state index contributed by atoms with van der Waals surface area (Å²) < 4.78 is 5.16. The smallest absolute Gasteiger partial charge is 0.309 e.